The number of amides is 1. The van der Waals surface area contributed by atoms with Gasteiger partial charge in [0.2, 0.25) is 17.7 Å². The standard InChI is InChI=1S/C26H30F2N8O2/c1-38-24-22-18(16-6-9-19-20(12-16)36(34-33-19)14-21(27)28)13-29-23(22)31-26(32-24)30-17-7-4-15(5-8-17)25(37)35-10-2-3-11-35/h6,9,12-13,15,17,21H,2-5,7-8,10-11,14H2,1H3,(H2,29,30,31,32)/t15-,17+. The van der Waals surface area contributed by atoms with Crippen molar-refractivity contribution in [1.29, 1.82) is 0 Å². The third-order valence-corrected chi connectivity index (χ3v) is 7.65. The number of H-pyrrole nitrogens is 1. The SMILES string of the molecule is COc1nc(N[C@H]2CC[C@@H](C(=O)N3CCCC3)CC2)nc2[nH]cc(-c3ccc4nnn(CC(F)F)c4c3)c12. The normalized spacial score (nSPS) is 20.1. The number of aromatic amines is 1. The molecule has 2 N–H and O–H groups in total. The Hall–Kier alpha value is -3.83. The van der Waals surface area contributed by atoms with Crippen LogP contribution in [0.3, 0.4) is 0 Å². The van der Waals surface area contributed by atoms with Crippen LogP contribution in [0.15, 0.2) is 24.4 Å². The summed E-state index contributed by atoms with van der Waals surface area (Å²) >= 11 is 0. The molecule has 1 aliphatic carbocycles. The van der Waals surface area contributed by atoms with E-state index in [2.05, 4.69) is 30.6 Å². The summed E-state index contributed by atoms with van der Waals surface area (Å²) in [6.07, 6.45) is 4.98. The molecule has 2 aliphatic rings. The van der Waals surface area contributed by atoms with Gasteiger partial charge in [0.1, 0.15) is 17.7 Å². The van der Waals surface area contributed by atoms with Gasteiger partial charge in [0.05, 0.1) is 18.0 Å². The fourth-order valence-electron chi connectivity index (χ4n) is 5.70. The van der Waals surface area contributed by atoms with Gasteiger partial charge in [-0.2, -0.15) is 9.97 Å². The molecule has 3 aromatic heterocycles. The van der Waals surface area contributed by atoms with Gasteiger partial charge in [0.25, 0.3) is 6.43 Å². The Morgan fingerprint density at radius 3 is 2.71 bits per heavy atom. The van der Waals surface area contributed by atoms with E-state index in [0.717, 1.165) is 62.7 Å². The second kappa shape index (κ2) is 10.1. The maximum atomic E-state index is 13.0. The molecule has 1 aliphatic heterocycles. The smallest absolute Gasteiger partial charge is 0.258 e. The molecule has 12 heteroatoms. The summed E-state index contributed by atoms with van der Waals surface area (Å²) in [6.45, 7) is 1.27. The number of benzene rings is 1. The van der Waals surface area contributed by atoms with Gasteiger partial charge < -0.3 is 19.9 Å². The van der Waals surface area contributed by atoms with Crippen LogP contribution in [-0.2, 0) is 11.3 Å². The molecule has 6 rings (SSSR count). The van der Waals surface area contributed by atoms with E-state index < -0.39 is 13.0 Å². The summed E-state index contributed by atoms with van der Waals surface area (Å²) in [5, 5.41) is 12.0. The van der Waals surface area contributed by atoms with E-state index in [1.807, 2.05) is 17.2 Å². The van der Waals surface area contributed by atoms with Crippen molar-refractivity contribution >= 4 is 33.9 Å². The van der Waals surface area contributed by atoms with Crippen LogP contribution >= 0.6 is 0 Å². The van der Waals surface area contributed by atoms with Gasteiger partial charge in [0, 0.05) is 36.8 Å². The number of aromatic nitrogens is 6. The van der Waals surface area contributed by atoms with Gasteiger partial charge >= 0.3 is 0 Å². The molecule has 10 nitrogen and oxygen atoms in total. The van der Waals surface area contributed by atoms with Crippen LogP contribution in [0.5, 0.6) is 5.88 Å². The van der Waals surface area contributed by atoms with Gasteiger partial charge in [-0.3, -0.25) is 4.79 Å². The van der Waals surface area contributed by atoms with E-state index in [0.29, 0.717) is 39.8 Å². The minimum Gasteiger partial charge on any atom is -0.480 e. The topological polar surface area (TPSA) is 114 Å². The first-order chi connectivity index (χ1) is 18.5. The number of hydrogen-bond acceptors (Lipinski definition) is 7. The molecule has 38 heavy (non-hydrogen) atoms. The average Bonchev–Trinajstić information content (AvgIpc) is 3.68. The lowest BCUT2D eigenvalue weighted by Gasteiger charge is -2.30. The lowest BCUT2D eigenvalue weighted by molar-refractivity contribution is -0.135. The van der Waals surface area contributed by atoms with Crippen molar-refractivity contribution in [3.63, 3.8) is 0 Å². The van der Waals surface area contributed by atoms with Crippen molar-refractivity contribution in [3.8, 4) is 17.0 Å². The molecule has 0 bridgehead atoms. The number of methoxy groups -OCH3 is 1. The van der Waals surface area contributed by atoms with Crippen LogP contribution in [-0.4, -0.2) is 73.4 Å². The van der Waals surface area contributed by atoms with Crippen molar-refractivity contribution in [2.24, 2.45) is 5.92 Å². The number of nitrogens with zero attached hydrogens (tertiary/aromatic N) is 6. The average molecular weight is 525 g/mol. The monoisotopic (exact) mass is 524 g/mol. The van der Waals surface area contributed by atoms with Crippen molar-refractivity contribution in [2.75, 3.05) is 25.5 Å². The van der Waals surface area contributed by atoms with Crippen LogP contribution in [0.2, 0.25) is 0 Å². The van der Waals surface area contributed by atoms with E-state index in [4.69, 9.17) is 4.74 Å². The minimum absolute atomic E-state index is 0.111. The predicted octanol–water partition coefficient (Wildman–Crippen LogP) is 4.24. The molecule has 0 spiro atoms. The Morgan fingerprint density at radius 2 is 1.97 bits per heavy atom. The van der Waals surface area contributed by atoms with Crippen molar-refractivity contribution in [1.82, 2.24) is 34.8 Å². The van der Waals surface area contributed by atoms with Crippen LogP contribution in [0.25, 0.3) is 33.2 Å². The number of likely N-dealkylation sites (tertiary alicyclic amines) is 1. The Labute approximate surface area is 217 Å². The van der Waals surface area contributed by atoms with E-state index in [9.17, 15) is 13.6 Å². The Morgan fingerprint density at radius 1 is 1.18 bits per heavy atom. The highest BCUT2D eigenvalue weighted by atomic mass is 19.3. The first kappa shape index (κ1) is 24.5. The molecule has 0 radical (unpaired) electrons. The second-order valence-corrected chi connectivity index (χ2v) is 10.1. The first-order valence-electron chi connectivity index (χ1n) is 13.1. The summed E-state index contributed by atoms with van der Waals surface area (Å²) in [6, 6.07) is 5.58. The fourth-order valence-corrected chi connectivity index (χ4v) is 5.70. The van der Waals surface area contributed by atoms with Crippen molar-refractivity contribution < 1.29 is 18.3 Å². The van der Waals surface area contributed by atoms with Gasteiger partial charge in [-0.25, -0.2) is 13.5 Å². The maximum Gasteiger partial charge on any atom is 0.258 e. The van der Waals surface area contributed by atoms with Gasteiger partial charge in [-0.1, -0.05) is 11.3 Å². The second-order valence-electron chi connectivity index (χ2n) is 10.1. The number of fused-ring (bicyclic) bond motifs is 2. The number of alkyl halides is 2. The molecule has 1 saturated heterocycles. The molecule has 1 amide bonds. The molecular formula is C26H30F2N8O2. The molecule has 0 unspecified atom stereocenters. The molecule has 1 saturated carbocycles. The highest BCUT2D eigenvalue weighted by molar-refractivity contribution is 5.99. The van der Waals surface area contributed by atoms with E-state index >= 15 is 0 Å². The van der Waals surface area contributed by atoms with Crippen LogP contribution in [0.4, 0.5) is 14.7 Å². The maximum absolute atomic E-state index is 13.0. The van der Waals surface area contributed by atoms with Crippen molar-refractivity contribution in [3.05, 3.63) is 24.4 Å². The van der Waals surface area contributed by atoms with Crippen molar-refractivity contribution in [2.45, 2.75) is 57.5 Å². The third-order valence-electron chi connectivity index (χ3n) is 7.65. The number of rotatable bonds is 7. The molecule has 4 heterocycles. The highest BCUT2D eigenvalue weighted by Crippen LogP contribution is 2.36. The molecule has 0 atom stereocenters. The summed E-state index contributed by atoms with van der Waals surface area (Å²) in [5.41, 5.74) is 3.24. The minimum atomic E-state index is -2.53. The van der Waals surface area contributed by atoms with E-state index in [-0.39, 0.29) is 12.0 Å². The first-order valence-corrected chi connectivity index (χ1v) is 13.1. The van der Waals surface area contributed by atoms with E-state index in [1.165, 1.54) is 4.68 Å². The zero-order valence-corrected chi connectivity index (χ0v) is 21.2. The van der Waals surface area contributed by atoms with E-state index in [1.54, 1.807) is 19.2 Å². The molecule has 200 valence electrons. The number of halogens is 2. The summed E-state index contributed by atoms with van der Waals surface area (Å²) in [4.78, 5) is 27.3. The zero-order valence-electron chi connectivity index (χ0n) is 21.2. The largest absolute Gasteiger partial charge is 0.480 e. The number of anilines is 1. The number of ether oxygens (including phenoxy) is 1. The van der Waals surface area contributed by atoms with Gasteiger partial charge in [0.15, 0.2) is 0 Å². The molecule has 2 fully saturated rings. The Balaban J connectivity index is 1.21. The number of carbonyl (C=O) groups is 1. The zero-order chi connectivity index (χ0) is 26.2. The molecular weight excluding hydrogens is 494 g/mol. The van der Waals surface area contributed by atoms with Crippen LogP contribution in [0.1, 0.15) is 38.5 Å². The van der Waals surface area contributed by atoms with Gasteiger partial charge in [-0.15, -0.1) is 5.10 Å². The predicted molar refractivity (Wildman–Crippen MR) is 138 cm³/mol. The van der Waals surface area contributed by atoms with Crippen LogP contribution < -0.4 is 10.1 Å². The molecule has 1 aromatic carbocycles. The summed E-state index contributed by atoms with van der Waals surface area (Å²) in [7, 11) is 1.56. The summed E-state index contributed by atoms with van der Waals surface area (Å²) in [5.74, 6) is 1.29. The fraction of sp³-hybridized carbons (Fsp3) is 0.500. The number of nitrogens with one attached hydrogen (secondary N) is 2. The Kier molecular flexibility index (Phi) is 6.54. The summed E-state index contributed by atoms with van der Waals surface area (Å²) < 4.78 is 32.8. The lowest BCUT2D eigenvalue weighted by atomic mass is 9.85. The molecule has 4 aromatic rings. The quantitative estimate of drug-likeness (QED) is 0.372. The van der Waals surface area contributed by atoms with Crippen LogP contribution in [0, 0.1) is 5.92 Å². The number of carbonyl (C=O) groups excluding carboxylic acids is 1. The third kappa shape index (κ3) is 4.63. The number of hydrogen-bond donors (Lipinski definition) is 2. The lowest BCUT2D eigenvalue weighted by Crippen LogP contribution is -2.37. The Bertz CT molecular complexity index is 1450. The van der Waals surface area contributed by atoms with Gasteiger partial charge in [-0.05, 0) is 56.2 Å². The highest BCUT2D eigenvalue weighted by Gasteiger charge is 2.31.